The van der Waals surface area contributed by atoms with Gasteiger partial charge in [-0.3, -0.25) is 4.79 Å². The summed E-state index contributed by atoms with van der Waals surface area (Å²) < 4.78 is 11.2. The zero-order valence-corrected chi connectivity index (χ0v) is 45.5. The van der Waals surface area contributed by atoms with Gasteiger partial charge in [0.2, 0.25) is 5.91 Å². The predicted octanol–water partition coefficient (Wildman–Crippen LogP) is 14.6. The summed E-state index contributed by atoms with van der Waals surface area (Å²) in [6.07, 6.45) is 65.2. The number of unbranched alkanes of at least 4 members (excludes halogenated alkanes) is 27. The van der Waals surface area contributed by atoms with E-state index in [-0.39, 0.29) is 12.5 Å². The summed E-state index contributed by atoms with van der Waals surface area (Å²) in [6, 6.07) is -0.846. The number of nitrogens with one attached hydrogen (secondary N) is 1. The number of ether oxygens (including phenoxy) is 2. The van der Waals surface area contributed by atoms with E-state index < -0.39 is 49.5 Å². The molecule has 6 N–H and O–H groups in total. The van der Waals surface area contributed by atoms with Crippen LogP contribution in [0.5, 0.6) is 0 Å². The first-order chi connectivity index (χ1) is 34.8. The maximum absolute atomic E-state index is 13.0. The van der Waals surface area contributed by atoms with Crippen LogP contribution in [0.3, 0.4) is 0 Å². The number of aliphatic hydroxyl groups is 5. The molecule has 0 aromatic rings. The van der Waals surface area contributed by atoms with Crippen molar-refractivity contribution in [2.75, 3.05) is 13.2 Å². The third-order valence-corrected chi connectivity index (χ3v) is 13.5. The standard InChI is InChI=1S/C62H109NO8/c1-3-5-7-9-11-13-15-17-19-21-23-24-25-26-27-28-29-30-31-32-34-35-37-39-41-43-45-47-49-51-56(65)55(54-70-62-61(69)60(68)59(67)57(53-64)71-62)63-58(66)52-50-48-46-44-42-40-38-36-33-22-20-18-16-14-12-10-8-6-4-2/h6,8,12,14,18,20,33,36,40-43,49,51,55-57,59-62,64-65,67-69H,3-5,7,9-11,13,15-17,19,21-32,34-35,37-39,44-48,50,52-54H2,1-2H3,(H,63,66)/b8-6-,14-12-,20-18-,36-33-,42-40-,43-41+,51-49+. The van der Waals surface area contributed by atoms with Gasteiger partial charge >= 0.3 is 0 Å². The van der Waals surface area contributed by atoms with Crippen LogP contribution in [0.25, 0.3) is 0 Å². The van der Waals surface area contributed by atoms with Crippen LogP contribution in [0.4, 0.5) is 0 Å². The van der Waals surface area contributed by atoms with Crippen LogP contribution < -0.4 is 5.32 Å². The van der Waals surface area contributed by atoms with Crippen molar-refractivity contribution in [3.8, 4) is 0 Å². The Balaban J connectivity index is 2.25. The lowest BCUT2D eigenvalue weighted by atomic mass is 9.99. The third kappa shape index (κ3) is 40.4. The second-order valence-corrected chi connectivity index (χ2v) is 20.0. The fraction of sp³-hybridized carbons (Fsp3) is 0.758. The van der Waals surface area contributed by atoms with Crippen molar-refractivity contribution in [2.45, 2.75) is 288 Å². The number of hydrogen-bond acceptors (Lipinski definition) is 8. The molecular weight excluding hydrogens is 887 g/mol. The molecule has 0 aliphatic carbocycles. The Morgan fingerprint density at radius 1 is 0.493 bits per heavy atom. The minimum absolute atomic E-state index is 0.219. The van der Waals surface area contributed by atoms with Gasteiger partial charge in [-0.25, -0.2) is 0 Å². The highest BCUT2D eigenvalue weighted by Gasteiger charge is 2.44. The number of rotatable bonds is 49. The Bertz CT molecular complexity index is 1390. The van der Waals surface area contributed by atoms with E-state index in [1.165, 1.54) is 148 Å². The molecule has 0 bridgehead atoms. The number of amides is 1. The Morgan fingerprint density at radius 2 is 0.887 bits per heavy atom. The molecule has 7 atom stereocenters. The maximum atomic E-state index is 13.0. The smallest absolute Gasteiger partial charge is 0.220 e. The molecule has 1 rings (SSSR count). The Kier molecular flexibility index (Phi) is 47.6. The van der Waals surface area contributed by atoms with Crippen molar-refractivity contribution >= 4 is 5.91 Å². The minimum atomic E-state index is -1.58. The zero-order chi connectivity index (χ0) is 51.5. The van der Waals surface area contributed by atoms with Gasteiger partial charge in [0.1, 0.15) is 24.4 Å². The van der Waals surface area contributed by atoms with E-state index in [1.807, 2.05) is 6.08 Å². The number of hydrogen-bond donors (Lipinski definition) is 6. The van der Waals surface area contributed by atoms with Gasteiger partial charge in [-0.1, -0.05) is 247 Å². The van der Waals surface area contributed by atoms with Gasteiger partial charge in [0.25, 0.3) is 0 Å². The Labute approximate surface area is 435 Å². The van der Waals surface area contributed by atoms with E-state index in [0.29, 0.717) is 12.8 Å². The van der Waals surface area contributed by atoms with E-state index >= 15 is 0 Å². The van der Waals surface area contributed by atoms with Crippen molar-refractivity contribution in [2.24, 2.45) is 0 Å². The summed E-state index contributed by atoms with van der Waals surface area (Å²) in [5.41, 5.74) is 0. The number of carbonyl (C=O) groups excluding carboxylic acids is 1. The summed E-state index contributed by atoms with van der Waals surface area (Å²) in [6.45, 7) is 3.64. The van der Waals surface area contributed by atoms with Gasteiger partial charge in [-0.15, -0.1) is 0 Å². The van der Waals surface area contributed by atoms with Crippen molar-refractivity contribution in [3.63, 3.8) is 0 Å². The van der Waals surface area contributed by atoms with Crippen molar-refractivity contribution in [1.29, 1.82) is 0 Å². The first kappa shape index (κ1) is 66.4. The highest BCUT2D eigenvalue weighted by Crippen LogP contribution is 2.23. The molecule has 0 aromatic carbocycles. The average molecular weight is 997 g/mol. The SMILES string of the molecule is CC/C=C\C/C=C\C/C=C\C/C=C\C/C=C\CCCCCC(=O)NC(COC1OC(CO)C(O)C(O)C1O)C(O)/C=C/CC/C=C/CCCCCCCCCCCCCCCCCCCCCCCCC. The number of allylic oxidation sites excluding steroid dienone is 13. The number of carbonyl (C=O) groups is 1. The molecule has 410 valence electrons. The highest BCUT2D eigenvalue weighted by atomic mass is 16.7. The van der Waals surface area contributed by atoms with Crippen LogP contribution in [0, 0.1) is 0 Å². The van der Waals surface area contributed by atoms with Crippen LogP contribution >= 0.6 is 0 Å². The highest BCUT2D eigenvalue weighted by molar-refractivity contribution is 5.76. The van der Waals surface area contributed by atoms with Gasteiger partial charge in [-0.05, 0) is 77.0 Å². The van der Waals surface area contributed by atoms with Gasteiger partial charge in [-0.2, -0.15) is 0 Å². The molecule has 7 unspecified atom stereocenters. The van der Waals surface area contributed by atoms with Crippen LogP contribution in [0.15, 0.2) is 85.1 Å². The van der Waals surface area contributed by atoms with Gasteiger partial charge in [0, 0.05) is 6.42 Å². The van der Waals surface area contributed by atoms with Crippen molar-refractivity contribution in [3.05, 3.63) is 85.1 Å². The molecular formula is C62H109NO8. The van der Waals surface area contributed by atoms with Crippen molar-refractivity contribution < 1.29 is 39.8 Å². The lowest BCUT2D eigenvalue weighted by Gasteiger charge is -2.40. The maximum Gasteiger partial charge on any atom is 0.220 e. The normalized spacial score (nSPS) is 19.9. The topological polar surface area (TPSA) is 149 Å². The van der Waals surface area contributed by atoms with Crippen LogP contribution in [0.1, 0.15) is 245 Å². The second-order valence-electron chi connectivity index (χ2n) is 20.0. The fourth-order valence-corrected chi connectivity index (χ4v) is 8.85. The molecule has 9 nitrogen and oxygen atoms in total. The predicted molar refractivity (Wildman–Crippen MR) is 299 cm³/mol. The molecule has 1 amide bonds. The van der Waals surface area contributed by atoms with E-state index in [9.17, 15) is 30.3 Å². The van der Waals surface area contributed by atoms with E-state index in [4.69, 9.17) is 9.47 Å². The fourth-order valence-electron chi connectivity index (χ4n) is 8.85. The van der Waals surface area contributed by atoms with Gasteiger partial charge in [0.05, 0.1) is 25.4 Å². The molecule has 0 spiro atoms. The zero-order valence-electron chi connectivity index (χ0n) is 45.5. The van der Waals surface area contributed by atoms with Crippen LogP contribution in [0.2, 0.25) is 0 Å². The first-order valence-electron chi connectivity index (χ1n) is 29.3. The van der Waals surface area contributed by atoms with Crippen LogP contribution in [-0.4, -0.2) is 87.5 Å². The lowest BCUT2D eigenvalue weighted by molar-refractivity contribution is -0.302. The van der Waals surface area contributed by atoms with E-state index in [1.54, 1.807) is 6.08 Å². The molecule has 1 saturated heterocycles. The molecule has 9 heteroatoms. The van der Waals surface area contributed by atoms with Crippen LogP contribution in [-0.2, 0) is 14.3 Å². The molecule has 1 aliphatic heterocycles. The summed E-state index contributed by atoms with van der Waals surface area (Å²) in [7, 11) is 0. The number of aliphatic hydroxyl groups excluding tert-OH is 5. The summed E-state index contributed by atoms with van der Waals surface area (Å²) in [5.74, 6) is -0.219. The second kappa shape index (κ2) is 50.9. The molecule has 0 radical (unpaired) electrons. The minimum Gasteiger partial charge on any atom is -0.394 e. The molecule has 1 aliphatic rings. The quantitative estimate of drug-likeness (QED) is 0.0261. The third-order valence-electron chi connectivity index (χ3n) is 13.5. The van der Waals surface area contributed by atoms with E-state index in [0.717, 1.165) is 70.6 Å². The molecule has 1 fully saturated rings. The Morgan fingerprint density at radius 3 is 1.35 bits per heavy atom. The van der Waals surface area contributed by atoms with E-state index in [2.05, 4.69) is 92.1 Å². The molecule has 71 heavy (non-hydrogen) atoms. The largest absolute Gasteiger partial charge is 0.394 e. The lowest BCUT2D eigenvalue weighted by Crippen LogP contribution is -2.60. The first-order valence-corrected chi connectivity index (χ1v) is 29.3. The summed E-state index contributed by atoms with van der Waals surface area (Å²) in [4.78, 5) is 13.0. The summed E-state index contributed by atoms with van der Waals surface area (Å²) in [5, 5.41) is 54.5. The Hall–Kier alpha value is -2.63. The summed E-state index contributed by atoms with van der Waals surface area (Å²) >= 11 is 0. The average Bonchev–Trinajstić information content (AvgIpc) is 3.37. The van der Waals surface area contributed by atoms with Crippen molar-refractivity contribution in [1.82, 2.24) is 5.32 Å². The molecule has 0 aromatic heterocycles. The monoisotopic (exact) mass is 996 g/mol. The van der Waals surface area contributed by atoms with Gasteiger partial charge in [0.15, 0.2) is 6.29 Å². The molecule has 1 heterocycles. The van der Waals surface area contributed by atoms with Gasteiger partial charge < -0.3 is 40.3 Å². The molecule has 0 saturated carbocycles.